The summed E-state index contributed by atoms with van der Waals surface area (Å²) in [5.74, 6) is 0. The summed E-state index contributed by atoms with van der Waals surface area (Å²) in [5, 5.41) is 9.53. The van der Waals surface area contributed by atoms with Gasteiger partial charge >= 0.3 is 6.03 Å². The van der Waals surface area contributed by atoms with Gasteiger partial charge < -0.3 is 15.5 Å². The average Bonchev–Trinajstić information content (AvgIpc) is 3.07. The number of hydrogen-bond acceptors (Lipinski definition) is 4. The second-order valence-electron chi connectivity index (χ2n) is 5.81. The van der Waals surface area contributed by atoms with Gasteiger partial charge in [-0.25, -0.2) is 4.79 Å². The Hall–Kier alpha value is -0.720. The number of nitrogens with zero attached hydrogens (tertiary/aromatic N) is 1. The van der Waals surface area contributed by atoms with Crippen LogP contribution in [-0.2, 0) is 0 Å². The Kier molecular flexibility index (Phi) is 4.76. The molecular weight excluding hydrogens is 302 g/mol. The zero-order chi connectivity index (χ0) is 14.8. The number of carbonyl (C=O) groups excluding carboxylic acids is 1. The summed E-state index contributed by atoms with van der Waals surface area (Å²) >= 11 is 3.85. The Morgan fingerprint density at radius 3 is 3.19 bits per heavy atom. The zero-order valence-electron chi connectivity index (χ0n) is 12.6. The zero-order valence-corrected chi connectivity index (χ0v) is 14.2. The molecule has 2 aliphatic heterocycles. The number of urea groups is 1. The maximum absolute atomic E-state index is 11.9. The van der Waals surface area contributed by atoms with Crippen molar-refractivity contribution in [1.82, 2.24) is 15.5 Å². The summed E-state index contributed by atoms with van der Waals surface area (Å²) in [6, 6.07) is 3.19. The van der Waals surface area contributed by atoms with Gasteiger partial charge in [-0.3, -0.25) is 0 Å². The van der Waals surface area contributed by atoms with Crippen LogP contribution in [0.15, 0.2) is 15.7 Å². The van der Waals surface area contributed by atoms with Gasteiger partial charge in [0, 0.05) is 37.0 Å². The van der Waals surface area contributed by atoms with E-state index in [4.69, 9.17) is 0 Å². The lowest BCUT2D eigenvalue weighted by molar-refractivity contribution is 0.208. The van der Waals surface area contributed by atoms with Crippen LogP contribution in [0.3, 0.4) is 0 Å². The minimum atomic E-state index is 0.0746. The van der Waals surface area contributed by atoms with E-state index < -0.39 is 0 Å². The maximum atomic E-state index is 11.9. The van der Waals surface area contributed by atoms with Crippen LogP contribution in [-0.4, -0.2) is 41.9 Å². The average molecular weight is 326 g/mol. The summed E-state index contributed by atoms with van der Waals surface area (Å²) in [7, 11) is 0. The molecule has 1 aromatic heterocycles. The second kappa shape index (κ2) is 6.58. The van der Waals surface area contributed by atoms with E-state index in [-0.39, 0.29) is 6.03 Å². The molecule has 2 amide bonds. The fourth-order valence-corrected chi connectivity index (χ4v) is 5.70. The molecule has 1 fully saturated rings. The van der Waals surface area contributed by atoms with Gasteiger partial charge in [0.05, 0.1) is 4.21 Å². The number of rotatable bonds is 3. The van der Waals surface area contributed by atoms with Crippen molar-refractivity contribution < 1.29 is 4.79 Å². The first-order valence-electron chi connectivity index (χ1n) is 7.70. The predicted octanol–water partition coefficient (Wildman–Crippen LogP) is 3.07. The Morgan fingerprint density at radius 1 is 1.52 bits per heavy atom. The Labute approximate surface area is 134 Å². The highest BCUT2D eigenvalue weighted by molar-refractivity contribution is 8.01. The van der Waals surface area contributed by atoms with Crippen LogP contribution in [0.4, 0.5) is 4.79 Å². The van der Waals surface area contributed by atoms with Crippen LogP contribution in [0.2, 0.25) is 0 Å². The number of carbonyl (C=O) groups is 1. The third-order valence-electron chi connectivity index (χ3n) is 4.15. The molecule has 0 saturated carbocycles. The van der Waals surface area contributed by atoms with Crippen LogP contribution in [0.1, 0.15) is 38.3 Å². The van der Waals surface area contributed by atoms with Crippen molar-refractivity contribution >= 4 is 29.1 Å². The van der Waals surface area contributed by atoms with Gasteiger partial charge in [-0.2, -0.15) is 0 Å². The molecule has 0 bridgehead atoms. The van der Waals surface area contributed by atoms with Gasteiger partial charge in [-0.1, -0.05) is 6.92 Å². The molecule has 1 saturated heterocycles. The number of thioether (sulfide) groups is 1. The molecule has 3 heterocycles. The van der Waals surface area contributed by atoms with Crippen molar-refractivity contribution in [3.05, 3.63) is 17.0 Å². The van der Waals surface area contributed by atoms with E-state index in [0.29, 0.717) is 23.9 Å². The summed E-state index contributed by atoms with van der Waals surface area (Å²) < 4.78 is 1.46. The molecule has 4 nitrogen and oxygen atoms in total. The highest BCUT2D eigenvalue weighted by atomic mass is 32.2. The Bertz CT molecular complexity index is 505. The number of amides is 2. The molecule has 2 N–H and O–H groups in total. The summed E-state index contributed by atoms with van der Waals surface area (Å²) in [6.45, 7) is 6.64. The van der Waals surface area contributed by atoms with E-state index in [1.165, 1.54) is 16.2 Å². The van der Waals surface area contributed by atoms with Crippen molar-refractivity contribution in [2.75, 3.05) is 19.6 Å². The van der Waals surface area contributed by atoms with Gasteiger partial charge in [0.15, 0.2) is 0 Å². The first-order chi connectivity index (χ1) is 10.2. The molecular formula is C15H23N3OS2. The van der Waals surface area contributed by atoms with Crippen LogP contribution in [0, 0.1) is 0 Å². The second-order valence-corrected chi connectivity index (χ2v) is 8.44. The number of thiophene rings is 1. The highest BCUT2D eigenvalue weighted by Gasteiger charge is 2.31. The van der Waals surface area contributed by atoms with Gasteiger partial charge in [0.1, 0.15) is 0 Å². The van der Waals surface area contributed by atoms with Crippen molar-refractivity contribution in [2.24, 2.45) is 0 Å². The number of hydrogen-bond donors (Lipinski definition) is 2. The number of fused-ring (bicyclic) bond motifs is 1. The summed E-state index contributed by atoms with van der Waals surface area (Å²) in [4.78, 5) is 13.8. The standard InChI is InChI=1S/C15H23N3OS2/c1-3-16-15(19)18-6-4-11(9-18)17-13-8-10(2)21-14-12(13)5-7-20-14/h5,7,10-11,13,17H,3-4,6,8-9H2,1-2H3,(H,16,19)/t10-,11-,13+/m0/s1. The number of likely N-dealkylation sites (tertiary alicyclic amines) is 1. The quantitative estimate of drug-likeness (QED) is 0.898. The van der Waals surface area contributed by atoms with Crippen molar-refractivity contribution in [1.29, 1.82) is 0 Å². The molecule has 3 rings (SSSR count). The first kappa shape index (κ1) is 15.2. The number of nitrogens with one attached hydrogen (secondary N) is 2. The van der Waals surface area contributed by atoms with Crippen LogP contribution >= 0.6 is 23.1 Å². The molecule has 0 aliphatic carbocycles. The topological polar surface area (TPSA) is 44.4 Å². The van der Waals surface area contributed by atoms with E-state index in [2.05, 4.69) is 29.0 Å². The first-order valence-corrected chi connectivity index (χ1v) is 9.46. The van der Waals surface area contributed by atoms with Gasteiger partial charge in [-0.15, -0.1) is 23.1 Å². The van der Waals surface area contributed by atoms with E-state index in [1.54, 1.807) is 0 Å². The van der Waals surface area contributed by atoms with E-state index >= 15 is 0 Å². The molecule has 116 valence electrons. The minimum Gasteiger partial charge on any atom is -0.338 e. The lowest BCUT2D eigenvalue weighted by Gasteiger charge is -2.30. The molecule has 0 radical (unpaired) electrons. The fourth-order valence-electron chi connectivity index (χ4n) is 3.14. The maximum Gasteiger partial charge on any atom is 0.317 e. The molecule has 6 heteroatoms. The molecule has 21 heavy (non-hydrogen) atoms. The fraction of sp³-hybridized carbons (Fsp3) is 0.667. The SMILES string of the molecule is CCNC(=O)N1CC[C@H](N[C@@H]2C[C@H](C)Sc3sccc32)C1. The molecule has 0 unspecified atom stereocenters. The van der Waals surface area contributed by atoms with Gasteiger partial charge in [0.2, 0.25) is 0 Å². The lowest BCUT2D eigenvalue weighted by atomic mass is 10.0. The van der Waals surface area contributed by atoms with Crippen molar-refractivity contribution in [3.8, 4) is 0 Å². The van der Waals surface area contributed by atoms with Crippen molar-refractivity contribution in [2.45, 2.75) is 48.2 Å². The monoisotopic (exact) mass is 325 g/mol. The van der Waals surface area contributed by atoms with Crippen LogP contribution in [0.25, 0.3) is 0 Å². The predicted molar refractivity (Wildman–Crippen MR) is 89.2 cm³/mol. The summed E-state index contributed by atoms with van der Waals surface area (Å²) in [6.07, 6.45) is 2.22. The van der Waals surface area contributed by atoms with E-state index in [1.807, 2.05) is 34.9 Å². The molecule has 1 aromatic rings. The van der Waals surface area contributed by atoms with E-state index in [0.717, 1.165) is 19.5 Å². The Balaban J connectivity index is 1.60. The van der Waals surface area contributed by atoms with Crippen molar-refractivity contribution in [3.63, 3.8) is 0 Å². The van der Waals surface area contributed by atoms with Crippen LogP contribution < -0.4 is 10.6 Å². The normalized spacial score (nSPS) is 28.5. The molecule has 0 aromatic carbocycles. The highest BCUT2D eigenvalue weighted by Crippen LogP contribution is 2.44. The molecule has 2 aliphatic rings. The third-order valence-corrected chi connectivity index (χ3v) is 6.49. The summed E-state index contributed by atoms with van der Waals surface area (Å²) in [5.41, 5.74) is 1.46. The smallest absolute Gasteiger partial charge is 0.317 e. The van der Waals surface area contributed by atoms with Gasteiger partial charge in [0.25, 0.3) is 0 Å². The Morgan fingerprint density at radius 2 is 2.38 bits per heavy atom. The molecule has 3 atom stereocenters. The lowest BCUT2D eigenvalue weighted by Crippen LogP contribution is -2.42. The largest absolute Gasteiger partial charge is 0.338 e. The third kappa shape index (κ3) is 3.38. The minimum absolute atomic E-state index is 0.0746. The molecule has 0 spiro atoms. The van der Waals surface area contributed by atoms with E-state index in [9.17, 15) is 4.79 Å². The van der Waals surface area contributed by atoms with Crippen LogP contribution in [0.5, 0.6) is 0 Å². The van der Waals surface area contributed by atoms with Gasteiger partial charge in [-0.05, 0) is 36.8 Å².